The summed E-state index contributed by atoms with van der Waals surface area (Å²) in [5.41, 5.74) is 1.72. The average Bonchev–Trinajstić information content (AvgIpc) is 2.99. The summed E-state index contributed by atoms with van der Waals surface area (Å²) >= 11 is 0. The minimum atomic E-state index is -0.329. The van der Waals surface area contributed by atoms with Crippen molar-refractivity contribution in [1.82, 2.24) is 5.32 Å². The van der Waals surface area contributed by atoms with Crippen LogP contribution in [0.15, 0.2) is 29.3 Å². The number of carbonyl (C=O) groups excluding carboxylic acids is 2. The molecule has 20 heavy (non-hydrogen) atoms. The zero-order chi connectivity index (χ0) is 14.4. The zero-order valence-corrected chi connectivity index (χ0v) is 11.5. The summed E-state index contributed by atoms with van der Waals surface area (Å²) in [5.74, 6) is -0.370. The molecule has 1 aromatic rings. The highest BCUT2D eigenvalue weighted by atomic mass is 16.5. The van der Waals surface area contributed by atoms with Crippen LogP contribution in [0, 0.1) is 0 Å². The van der Waals surface area contributed by atoms with Gasteiger partial charge in [-0.25, -0.2) is 0 Å². The maximum absolute atomic E-state index is 11.9. The predicted molar refractivity (Wildman–Crippen MR) is 75.9 cm³/mol. The normalized spacial score (nSPS) is 16.8. The third-order valence-electron chi connectivity index (χ3n) is 3.15. The lowest BCUT2D eigenvalue weighted by atomic mass is 10.0. The van der Waals surface area contributed by atoms with Crippen LogP contribution in [0.25, 0.3) is 0 Å². The molecule has 0 spiro atoms. The van der Waals surface area contributed by atoms with Crippen molar-refractivity contribution in [2.24, 2.45) is 4.99 Å². The van der Waals surface area contributed by atoms with Crippen molar-refractivity contribution in [2.45, 2.75) is 25.8 Å². The van der Waals surface area contributed by atoms with Gasteiger partial charge in [-0.15, -0.1) is 0 Å². The number of esters is 1. The molecule has 0 saturated heterocycles. The first-order chi connectivity index (χ1) is 9.70. The van der Waals surface area contributed by atoms with Crippen LogP contribution in [-0.2, 0) is 9.53 Å². The third kappa shape index (κ3) is 3.66. The lowest BCUT2D eigenvalue weighted by Gasteiger charge is -2.10. The van der Waals surface area contributed by atoms with E-state index in [9.17, 15) is 9.59 Å². The van der Waals surface area contributed by atoms with E-state index in [2.05, 4.69) is 10.3 Å². The van der Waals surface area contributed by atoms with E-state index >= 15 is 0 Å². The van der Waals surface area contributed by atoms with Gasteiger partial charge in [0, 0.05) is 12.0 Å². The Bertz CT molecular complexity index is 500. The Morgan fingerprint density at radius 3 is 2.65 bits per heavy atom. The minimum absolute atomic E-state index is 0.0414. The van der Waals surface area contributed by atoms with Crippen LogP contribution in [0.4, 0.5) is 0 Å². The largest absolute Gasteiger partial charge is 0.466 e. The van der Waals surface area contributed by atoms with Crippen LogP contribution in [0.5, 0.6) is 0 Å². The molecule has 0 aromatic heterocycles. The van der Waals surface area contributed by atoms with Gasteiger partial charge in [0.1, 0.15) is 0 Å². The Morgan fingerprint density at radius 2 is 2.05 bits per heavy atom. The topological polar surface area (TPSA) is 67.8 Å². The Morgan fingerprint density at radius 1 is 1.30 bits per heavy atom. The molecule has 0 aliphatic carbocycles. The van der Waals surface area contributed by atoms with Gasteiger partial charge in [0.15, 0.2) is 5.78 Å². The molecular formula is C15H18N2O3. The number of ketones is 1. The van der Waals surface area contributed by atoms with E-state index in [0.29, 0.717) is 12.2 Å². The number of ether oxygens (including phenoxy) is 1. The molecule has 0 radical (unpaired) electrons. The van der Waals surface area contributed by atoms with Gasteiger partial charge < -0.3 is 10.1 Å². The first-order valence-electron chi connectivity index (χ1n) is 6.74. The quantitative estimate of drug-likeness (QED) is 0.635. The van der Waals surface area contributed by atoms with Crippen molar-refractivity contribution in [3.05, 3.63) is 35.4 Å². The van der Waals surface area contributed by atoms with Crippen molar-refractivity contribution in [3.8, 4) is 0 Å². The van der Waals surface area contributed by atoms with Crippen LogP contribution in [0.1, 0.15) is 41.7 Å². The van der Waals surface area contributed by atoms with Gasteiger partial charge in [0.25, 0.3) is 0 Å². The molecule has 0 saturated carbocycles. The number of aliphatic imine (C=N–C) groups is 1. The van der Waals surface area contributed by atoms with Gasteiger partial charge >= 0.3 is 5.97 Å². The molecule has 5 nitrogen and oxygen atoms in total. The second-order valence-electron chi connectivity index (χ2n) is 4.56. The fourth-order valence-corrected chi connectivity index (χ4v) is 2.05. The van der Waals surface area contributed by atoms with Crippen molar-refractivity contribution in [1.29, 1.82) is 0 Å². The van der Waals surface area contributed by atoms with E-state index < -0.39 is 0 Å². The Balaban J connectivity index is 1.88. The number of nitrogens with one attached hydrogen (secondary N) is 1. The average molecular weight is 274 g/mol. The number of rotatable bonds is 6. The van der Waals surface area contributed by atoms with Gasteiger partial charge in [-0.2, -0.15) is 0 Å². The second kappa shape index (κ2) is 6.84. The summed E-state index contributed by atoms with van der Waals surface area (Å²) in [6, 6.07) is 7.62. The van der Waals surface area contributed by atoms with Crippen LogP contribution in [0.2, 0.25) is 0 Å². The summed E-state index contributed by atoms with van der Waals surface area (Å²) in [5, 5.41) is 3.14. The van der Waals surface area contributed by atoms with Crippen LogP contribution >= 0.6 is 0 Å². The summed E-state index contributed by atoms with van der Waals surface area (Å²) in [6.07, 6.45) is 2.01. The Labute approximate surface area is 118 Å². The van der Waals surface area contributed by atoms with Gasteiger partial charge in [-0.1, -0.05) is 24.3 Å². The lowest BCUT2D eigenvalue weighted by molar-refractivity contribution is -0.143. The molecule has 1 aliphatic rings. The van der Waals surface area contributed by atoms with Crippen molar-refractivity contribution in [3.63, 3.8) is 0 Å². The van der Waals surface area contributed by atoms with Crippen LogP contribution in [-0.4, -0.2) is 31.2 Å². The number of hydrogen-bond acceptors (Lipinski definition) is 5. The minimum Gasteiger partial charge on any atom is -0.466 e. The summed E-state index contributed by atoms with van der Waals surface area (Å²) in [7, 11) is 0. The molecule has 5 heteroatoms. The van der Waals surface area contributed by atoms with Gasteiger partial charge in [-0.05, 0) is 12.5 Å². The maximum Gasteiger partial charge on any atom is 0.306 e. The maximum atomic E-state index is 11.9. The van der Waals surface area contributed by atoms with Gasteiger partial charge in [-0.3, -0.25) is 14.6 Å². The highest BCUT2D eigenvalue weighted by Gasteiger charge is 2.14. The van der Waals surface area contributed by atoms with Crippen molar-refractivity contribution < 1.29 is 14.3 Å². The summed E-state index contributed by atoms with van der Waals surface area (Å²) in [4.78, 5) is 27.3. The monoisotopic (exact) mass is 274 g/mol. The standard InChI is InChI=1S/C15H18N2O3/c1-2-20-15(19)8-7-14(18)12-5-3-11(4-6-12)13-9-16-10-17-13/h3-6,10,13H,2,7-9H2,1H3,(H,16,17). The van der Waals surface area contributed by atoms with Crippen LogP contribution in [0.3, 0.4) is 0 Å². The van der Waals surface area contributed by atoms with E-state index in [-0.39, 0.29) is 30.6 Å². The molecular weight excluding hydrogens is 256 g/mol. The summed E-state index contributed by atoms with van der Waals surface area (Å²) < 4.78 is 4.80. The number of benzene rings is 1. The van der Waals surface area contributed by atoms with E-state index in [4.69, 9.17) is 4.74 Å². The summed E-state index contributed by atoms with van der Waals surface area (Å²) in [6.45, 7) is 2.81. The van der Waals surface area contributed by atoms with E-state index in [1.54, 1.807) is 25.4 Å². The molecule has 1 aromatic carbocycles. The first kappa shape index (κ1) is 14.2. The first-order valence-corrected chi connectivity index (χ1v) is 6.74. The van der Waals surface area contributed by atoms with Crippen LogP contribution < -0.4 is 5.32 Å². The van der Waals surface area contributed by atoms with Crippen molar-refractivity contribution >= 4 is 18.1 Å². The smallest absolute Gasteiger partial charge is 0.306 e. The zero-order valence-electron chi connectivity index (χ0n) is 11.5. The Kier molecular flexibility index (Phi) is 4.87. The SMILES string of the molecule is CCOC(=O)CCC(=O)c1ccc(C2CN=CN2)cc1. The number of Topliss-reactive ketones (excluding diaryl/α,β-unsaturated/α-hetero) is 1. The fourth-order valence-electron chi connectivity index (χ4n) is 2.05. The molecule has 106 valence electrons. The lowest BCUT2D eigenvalue weighted by Crippen LogP contribution is -2.15. The van der Waals surface area contributed by atoms with Gasteiger partial charge in [0.2, 0.25) is 0 Å². The highest BCUT2D eigenvalue weighted by molar-refractivity contribution is 5.97. The molecule has 0 amide bonds. The number of hydrogen-bond donors (Lipinski definition) is 1. The van der Waals surface area contributed by atoms with E-state index in [0.717, 1.165) is 12.1 Å². The number of carbonyl (C=O) groups is 2. The third-order valence-corrected chi connectivity index (χ3v) is 3.15. The van der Waals surface area contributed by atoms with E-state index in [1.807, 2.05) is 12.1 Å². The molecule has 1 unspecified atom stereocenters. The van der Waals surface area contributed by atoms with Crippen molar-refractivity contribution in [2.75, 3.05) is 13.2 Å². The molecule has 0 bridgehead atoms. The molecule has 1 N–H and O–H groups in total. The molecule has 0 fully saturated rings. The highest BCUT2D eigenvalue weighted by Crippen LogP contribution is 2.17. The van der Waals surface area contributed by atoms with Gasteiger partial charge in [0.05, 0.1) is 32.0 Å². The fraction of sp³-hybridized carbons (Fsp3) is 0.400. The molecule has 1 aliphatic heterocycles. The molecule has 1 atom stereocenters. The van der Waals surface area contributed by atoms with E-state index in [1.165, 1.54) is 0 Å². The molecule has 1 heterocycles. The second-order valence-corrected chi connectivity index (χ2v) is 4.56. The number of nitrogens with zero attached hydrogens (tertiary/aromatic N) is 1. The molecule has 2 rings (SSSR count). The predicted octanol–water partition coefficient (Wildman–Crippen LogP) is 1.89. The Hall–Kier alpha value is -2.17.